The third-order valence-electron chi connectivity index (χ3n) is 4.12. The standard InChI is InChI=1S/C14H11ClF3N3O4S2/c15-12-19-13(26-20-12)21-6-7(5-9(21)11(22)23)27(24,25)10-4-2-1-3-8(10)14(16,17)18/h1-4,7,9H,5-6H2,(H,22,23)/t7-,9+/m1/s1. The largest absolute Gasteiger partial charge is 0.480 e. The van der Waals surface area contributed by atoms with Crippen molar-refractivity contribution >= 4 is 44.1 Å². The summed E-state index contributed by atoms with van der Waals surface area (Å²) in [7, 11) is -4.45. The van der Waals surface area contributed by atoms with Crippen LogP contribution in [0.25, 0.3) is 0 Å². The number of rotatable bonds is 4. The fourth-order valence-electron chi connectivity index (χ4n) is 2.91. The molecular formula is C14H11ClF3N3O4S2. The van der Waals surface area contributed by atoms with E-state index in [9.17, 15) is 31.5 Å². The molecule has 1 fully saturated rings. The highest BCUT2D eigenvalue weighted by Gasteiger charge is 2.47. The number of anilines is 1. The van der Waals surface area contributed by atoms with Gasteiger partial charge in [0.05, 0.1) is 15.7 Å². The second-order valence-corrected chi connectivity index (χ2v) is 9.01. The van der Waals surface area contributed by atoms with E-state index in [2.05, 4.69) is 9.36 Å². The Morgan fingerprint density at radius 3 is 2.56 bits per heavy atom. The van der Waals surface area contributed by atoms with Crippen LogP contribution in [0.1, 0.15) is 12.0 Å². The average molecular weight is 442 g/mol. The summed E-state index contributed by atoms with van der Waals surface area (Å²) in [5.74, 6) is -1.32. The third-order valence-corrected chi connectivity index (χ3v) is 7.33. The zero-order valence-corrected chi connectivity index (χ0v) is 15.6. The van der Waals surface area contributed by atoms with Crippen molar-refractivity contribution in [1.29, 1.82) is 0 Å². The first-order valence-corrected chi connectivity index (χ1v) is 10.1. The molecule has 13 heteroatoms. The van der Waals surface area contributed by atoms with E-state index in [0.717, 1.165) is 23.7 Å². The number of hydrogen-bond donors (Lipinski definition) is 1. The molecule has 0 unspecified atom stereocenters. The molecule has 27 heavy (non-hydrogen) atoms. The highest BCUT2D eigenvalue weighted by atomic mass is 35.5. The van der Waals surface area contributed by atoms with Crippen LogP contribution in [0.3, 0.4) is 0 Å². The van der Waals surface area contributed by atoms with E-state index in [1.807, 2.05) is 0 Å². The molecule has 2 aromatic rings. The highest BCUT2D eigenvalue weighted by molar-refractivity contribution is 7.92. The van der Waals surface area contributed by atoms with E-state index < -0.39 is 43.7 Å². The molecule has 3 rings (SSSR count). The van der Waals surface area contributed by atoms with Crippen molar-refractivity contribution in [2.24, 2.45) is 0 Å². The van der Waals surface area contributed by atoms with Crippen molar-refractivity contribution in [3.05, 3.63) is 35.1 Å². The minimum absolute atomic E-state index is 0.0919. The van der Waals surface area contributed by atoms with Gasteiger partial charge in [0.25, 0.3) is 0 Å². The highest BCUT2D eigenvalue weighted by Crippen LogP contribution is 2.38. The van der Waals surface area contributed by atoms with Gasteiger partial charge in [-0.15, -0.1) is 0 Å². The number of sulfone groups is 1. The lowest BCUT2D eigenvalue weighted by Gasteiger charge is -2.19. The van der Waals surface area contributed by atoms with Gasteiger partial charge in [0.2, 0.25) is 10.4 Å². The van der Waals surface area contributed by atoms with Crippen LogP contribution in [0.2, 0.25) is 5.28 Å². The van der Waals surface area contributed by atoms with Crippen molar-refractivity contribution in [2.75, 3.05) is 11.4 Å². The molecule has 0 saturated carbocycles. The number of aromatic nitrogens is 2. The Labute approximate surface area is 160 Å². The van der Waals surface area contributed by atoms with Gasteiger partial charge in [0, 0.05) is 18.1 Å². The number of carboxylic acids is 1. The molecule has 1 aromatic carbocycles. The number of benzene rings is 1. The SMILES string of the molecule is O=C(O)[C@@H]1C[C@@H](S(=O)(=O)c2ccccc2C(F)(F)F)CN1c1nc(Cl)ns1. The number of carboxylic acid groups (broad SMARTS) is 1. The minimum atomic E-state index is -4.86. The summed E-state index contributed by atoms with van der Waals surface area (Å²) in [5.41, 5.74) is -1.28. The van der Waals surface area contributed by atoms with Crippen LogP contribution in [0.4, 0.5) is 18.3 Å². The number of aliphatic carboxylic acids is 1. The predicted octanol–water partition coefficient (Wildman–Crippen LogP) is 2.72. The van der Waals surface area contributed by atoms with Crippen LogP contribution in [-0.2, 0) is 20.8 Å². The summed E-state index contributed by atoms with van der Waals surface area (Å²) in [4.78, 5) is 15.7. The topological polar surface area (TPSA) is 100 Å². The molecule has 7 nitrogen and oxygen atoms in total. The summed E-state index contributed by atoms with van der Waals surface area (Å²) in [5, 5.41) is 8.00. The monoisotopic (exact) mass is 441 g/mol. The summed E-state index contributed by atoms with van der Waals surface area (Å²) >= 11 is 6.41. The van der Waals surface area contributed by atoms with Crippen molar-refractivity contribution in [1.82, 2.24) is 9.36 Å². The first kappa shape index (κ1) is 19.8. The average Bonchev–Trinajstić information content (AvgIpc) is 3.20. The van der Waals surface area contributed by atoms with Gasteiger partial charge in [-0.2, -0.15) is 22.5 Å². The maximum Gasteiger partial charge on any atom is 0.417 e. The van der Waals surface area contributed by atoms with Gasteiger partial charge in [0.1, 0.15) is 6.04 Å². The van der Waals surface area contributed by atoms with Crippen molar-refractivity contribution in [3.63, 3.8) is 0 Å². The number of carbonyl (C=O) groups is 1. The quantitative estimate of drug-likeness (QED) is 0.778. The number of hydrogen-bond acceptors (Lipinski definition) is 7. The van der Waals surface area contributed by atoms with Gasteiger partial charge in [-0.1, -0.05) is 12.1 Å². The predicted molar refractivity (Wildman–Crippen MR) is 90.7 cm³/mol. The number of halogens is 4. The first-order chi connectivity index (χ1) is 12.5. The Morgan fingerprint density at radius 1 is 1.33 bits per heavy atom. The number of alkyl halides is 3. The van der Waals surface area contributed by atoms with Gasteiger partial charge in [-0.25, -0.2) is 13.2 Å². The molecule has 0 bridgehead atoms. The fraction of sp³-hybridized carbons (Fsp3) is 0.357. The summed E-state index contributed by atoms with van der Waals surface area (Å²) in [6.07, 6.45) is -5.25. The lowest BCUT2D eigenvalue weighted by molar-refractivity contribution is -0.140. The molecule has 1 aromatic heterocycles. The Morgan fingerprint density at radius 2 is 2.00 bits per heavy atom. The maximum absolute atomic E-state index is 13.2. The Balaban J connectivity index is 2.01. The van der Waals surface area contributed by atoms with E-state index in [4.69, 9.17) is 11.6 Å². The van der Waals surface area contributed by atoms with E-state index in [1.54, 1.807) is 0 Å². The molecule has 0 spiro atoms. The van der Waals surface area contributed by atoms with Crippen molar-refractivity contribution in [3.8, 4) is 0 Å². The van der Waals surface area contributed by atoms with Crippen LogP contribution in [0.15, 0.2) is 29.2 Å². The van der Waals surface area contributed by atoms with Crippen LogP contribution in [-0.4, -0.2) is 46.7 Å². The third kappa shape index (κ3) is 3.73. The molecule has 0 amide bonds. The summed E-state index contributed by atoms with van der Waals surface area (Å²) in [6.45, 7) is -0.336. The Hall–Kier alpha value is -1.92. The van der Waals surface area contributed by atoms with Crippen LogP contribution in [0.5, 0.6) is 0 Å². The maximum atomic E-state index is 13.2. The molecular weight excluding hydrogens is 431 g/mol. The Kier molecular flexibility index (Phi) is 5.08. The zero-order chi connectivity index (χ0) is 20.0. The Bertz CT molecular complexity index is 980. The molecule has 146 valence electrons. The number of nitrogens with zero attached hydrogens (tertiary/aromatic N) is 3. The molecule has 2 atom stereocenters. The lowest BCUT2D eigenvalue weighted by Crippen LogP contribution is -2.36. The van der Waals surface area contributed by atoms with E-state index in [-0.39, 0.29) is 23.4 Å². The molecule has 0 aliphatic carbocycles. The molecule has 2 heterocycles. The fourth-order valence-corrected chi connectivity index (χ4v) is 5.69. The van der Waals surface area contributed by atoms with Crippen LogP contribution < -0.4 is 4.90 Å². The van der Waals surface area contributed by atoms with E-state index in [0.29, 0.717) is 6.07 Å². The van der Waals surface area contributed by atoms with Gasteiger partial charge in [0.15, 0.2) is 9.84 Å². The first-order valence-electron chi connectivity index (χ1n) is 7.40. The van der Waals surface area contributed by atoms with Crippen molar-refractivity contribution < 1.29 is 31.5 Å². The minimum Gasteiger partial charge on any atom is -0.480 e. The van der Waals surface area contributed by atoms with Crippen LogP contribution >= 0.6 is 23.1 Å². The zero-order valence-electron chi connectivity index (χ0n) is 13.2. The molecule has 1 N–H and O–H groups in total. The summed E-state index contributed by atoms with van der Waals surface area (Å²) < 4.78 is 69.1. The molecule has 0 radical (unpaired) electrons. The second kappa shape index (κ2) is 6.91. The van der Waals surface area contributed by atoms with Gasteiger partial charge in [-0.05, 0) is 30.2 Å². The smallest absolute Gasteiger partial charge is 0.417 e. The lowest BCUT2D eigenvalue weighted by atomic mass is 10.2. The summed E-state index contributed by atoms with van der Waals surface area (Å²) in [6, 6.07) is 2.56. The van der Waals surface area contributed by atoms with Gasteiger partial charge in [-0.3, -0.25) is 0 Å². The van der Waals surface area contributed by atoms with E-state index in [1.165, 1.54) is 11.0 Å². The second-order valence-electron chi connectivity index (χ2n) is 5.75. The van der Waals surface area contributed by atoms with Gasteiger partial charge < -0.3 is 10.0 Å². The van der Waals surface area contributed by atoms with Crippen molar-refractivity contribution in [2.45, 2.75) is 28.8 Å². The van der Waals surface area contributed by atoms with Gasteiger partial charge >= 0.3 is 12.1 Å². The molecule has 1 saturated heterocycles. The molecule has 1 aliphatic rings. The molecule has 1 aliphatic heterocycles. The van der Waals surface area contributed by atoms with Crippen LogP contribution in [0, 0.1) is 0 Å². The van der Waals surface area contributed by atoms with E-state index >= 15 is 0 Å². The normalized spacial score (nSPS) is 20.8.